The van der Waals surface area contributed by atoms with E-state index in [0.717, 1.165) is 23.6 Å². The van der Waals surface area contributed by atoms with Crippen molar-refractivity contribution in [1.29, 1.82) is 0 Å². The summed E-state index contributed by atoms with van der Waals surface area (Å²) in [5.74, 6) is -1.66. The summed E-state index contributed by atoms with van der Waals surface area (Å²) in [6, 6.07) is 0. The highest BCUT2D eigenvalue weighted by Crippen LogP contribution is 2.34. The third kappa shape index (κ3) is 5.67. The summed E-state index contributed by atoms with van der Waals surface area (Å²) in [6.07, 6.45) is -7.01. The van der Waals surface area contributed by atoms with E-state index in [4.69, 9.17) is 18.9 Å². The van der Waals surface area contributed by atoms with Crippen molar-refractivity contribution >= 4 is 11.9 Å². The second-order valence-electron chi connectivity index (χ2n) is 8.11. The molecule has 4 N–H and O–H groups in total. The van der Waals surface area contributed by atoms with Crippen LogP contribution < -0.4 is 11.0 Å². The number of aromatic nitrogens is 2. The Bertz CT molecular complexity index is 885. The molecular weight excluding hydrogens is 445 g/mol. The Balaban J connectivity index is 1.74. The molecule has 1 aromatic rings. The quantitative estimate of drug-likeness (QED) is 0.384. The first-order valence-corrected chi connectivity index (χ1v) is 10.9. The molecule has 12 nitrogen and oxygen atoms in total. The van der Waals surface area contributed by atoms with Crippen molar-refractivity contribution in [3.63, 3.8) is 0 Å². The number of hydrogen-bond donors (Lipinski definition) is 4. The molecule has 2 saturated heterocycles. The standard InChI is InChI=1S/C20H30FN3O9/c1-4-5-6-7-30-20(29)23-16-11(21)8-24(19(28)22-16)17-15(13(26)10(3)31-17)33-18-14(27)12(25)9(2)32-18/h8-10,12-15,17-18,25-27H,4-7H2,1-3H3,(H,22,23,28,29)/t9-,10-,12-,13-,14-,15-,17-,18+/m1/s1. The van der Waals surface area contributed by atoms with E-state index in [2.05, 4.69) is 10.3 Å². The Morgan fingerprint density at radius 1 is 1.18 bits per heavy atom. The van der Waals surface area contributed by atoms with E-state index < -0.39 is 72.6 Å². The zero-order chi connectivity index (χ0) is 24.3. The number of rotatable bonds is 8. The van der Waals surface area contributed by atoms with Crippen LogP contribution in [-0.2, 0) is 18.9 Å². The van der Waals surface area contributed by atoms with E-state index >= 15 is 0 Å². The Morgan fingerprint density at radius 2 is 1.88 bits per heavy atom. The molecule has 2 fully saturated rings. The number of amides is 1. The highest BCUT2D eigenvalue weighted by atomic mass is 19.1. The minimum absolute atomic E-state index is 0.144. The fraction of sp³-hybridized carbons (Fsp3) is 0.750. The summed E-state index contributed by atoms with van der Waals surface area (Å²) in [7, 11) is 0. The Morgan fingerprint density at radius 3 is 2.52 bits per heavy atom. The molecule has 3 heterocycles. The van der Waals surface area contributed by atoms with E-state index in [-0.39, 0.29) is 6.61 Å². The molecule has 3 rings (SSSR count). The summed E-state index contributed by atoms with van der Waals surface area (Å²) >= 11 is 0. The highest BCUT2D eigenvalue weighted by molar-refractivity contribution is 5.83. The molecule has 33 heavy (non-hydrogen) atoms. The number of ether oxygens (including phenoxy) is 4. The molecular formula is C20H30FN3O9. The second-order valence-corrected chi connectivity index (χ2v) is 8.11. The summed E-state index contributed by atoms with van der Waals surface area (Å²) in [6.45, 7) is 5.18. The van der Waals surface area contributed by atoms with E-state index in [1.54, 1.807) is 0 Å². The molecule has 0 saturated carbocycles. The largest absolute Gasteiger partial charge is 0.449 e. The van der Waals surface area contributed by atoms with E-state index in [1.165, 1.54) is 13.8 Å². The number of carbonyl (C=O) groups excluding carboxylic acids is 1. The van der Waals surface area contributed by atoms with E-state index in [9.17, 15) is 29.3 Å². The van der Waals surface area contributed by atoms with Gasteiger partial charge in [-0.1, -0.05) is 19.8 Å². The molecule has 186 valence electrons. The average molecular weight is 475 g/mol. The smallest absolute Gasteiger partial charge is 0.412 e. The number of nitrogens with zero attached hydrogens (tertiary/aromatic N) is 2. The van der Waals surface area contributed by atoms with Gasteiger partial charge in [-0.15, -0.1) is 0 Å². The van der Waals surface area contributed by atoms with Crippen molar-refractivity contribution in [2.45, 2.75) is 89.2 Å². The van der Waals surface area contributed by atoms with Gasteiger partial charge in [-0.25, -0.2) is 14.0 Å². The summed E-state index contributed by atoms with van der Waals surface area (Å²) in [5.41, 5.74) is -0.987. The van der Waals surface area contributed by atoms with Gasteiger partial charge in [0.1, 0.15) is 24.4 Å². The molecule has 2 aliphatic heterocycles. The molecule has 0 unspecified atom stereocenters. The fourth-order valence-electron chi connectivity index (χ4n) is 3.63. The zero-order valence-electron chi connectivity index (χ0n) is 18.6. The lowest BCUT2D eigenvalue weighted by molar-refractivity contribution is -0.216. The van der Waals surface area contributed by atoms with Crippen molar-refractivity contribution in [3.8, 4) is 0 Å². The van der Waals surface area contributed by atoms with Crippen molar-refractivity contribution in [3.05, 3.63) is 22.5 Å². The predicted molar refractivity (Wildman–Crippen MR) is 110 cm³/mol. The lowest BCUT2D eigenvalue weighted by atomic mass is 10.1. The first kappa shape index (κ1) is 25.5. The molecule has 8 atom stereocenters. The molecule has 0 bridgehead atoms. The first-order valence-electron chi connectivity index (χ1n) is 10.9. The highest BCUT2D eigenvalue weighted by Gasteiger charge is 2.49. The number of carbonyl (C=O) groups is 1. The molecule has 0 spiro atoms. The lowest BCUT2D eigenvalue weighted by Gasteiger charge is -2.26. The van der Waals surface area contributed by atoms with Gasteiger partial charge in [0.05, 0.1) is 25.0 Å². The maximum absolute atomic E-state index is 14.6. The van der Waals surface area contributed by atoms with Crippen molar-refractivity contribution in [2.75, 3.05) is 11.9 Å². The maximum Gasteiger partial charge on any atom is 0.412 e. The van der Waals surface area contributed by atoms with Gasteiger partial charge >= 0.3 is 11.8 Å². The van der Waals surface area contributed by atoms with Crippen LogP contribution in [0.4, 0.5) is 15.0 Å². The van der Waals surface area contributed by atoms with Crippen LogP contribution in [0.3, 0.4) is 0 Å². The van der Waals surface area contributed by atoms with Gasteiger partial charge in [0, 0.05) is 0 Å². The third-order valence-corrected chi connectivity index (χ3v) is 5.59. The molecule has 0 aliphatic carbocycles. The topological polar surface area (TPSA) is 162 Å². The Labute approximate surface area is 189 Å². The third-order valence-electron chi connectivity index (χ3n) is 5.59. The summed E-state index contributed by atoms with van der Waals surface area (Å²) in [5, 5.41) is 32.5. The van der Waals surface area contributed by atoms with Crippen molar-refractivity contribution < 1.29 is 43.5 Å². The number of halogens is 1. The van der Waals surface area contributed by atoms with Crippen LogP contribution >= 0.6 is 0 Å². The van der Waals surface area contributed by atoms with Crippen LogP contribution in [-0.4, -0.2) is 80.5 Å². The van der Waals surface area contributed by atoms with E-state index in [1.807, 2.05) is 6.92 Å². The predicted octanol–water partition coefficient (Wildman–Crippen LogP) is 0.251. The van der Waals surface area contributed by atoms with Gasteiger partial charge in [-0.05, 0) is 20.3 Å². The van der Waals surface area contributed by atoms with Crippen LogP contribution in [0.25, 0.3) is 0 Å². The number of aliphatic hydroxyl groups is 3. The second kappa shape index (κ2) is 10.8. The average Bonchev–Trinajstić information content (AvgIpc) is 3.18. The normalized spacial score (nSPS) is 33.9. The van der Waals surface area contributed by atoms with Gasteiger partial charge in [-0.2, -0.15) is 4.98 Å². The van der Waals surface area contributed by atoms with Crippen LogP contribution in [0.2, 0.25) is 0 Å². The van der Waals surface area contributed by atoms with Gasteiger partial charge in [0.15, 0.2) is 24.2 Å². The maximum atomic E-state index is 14.6. The van der Waals surface area contributed by atoms with Crippen molar-refractivity contribution in [2.24, 2.45) is 0 Å². The Kier molecular flexibility index (Phi) is 8.37. The Hall–Kier alpha value is -2.16. The van der Waals surface area contributed by atoms with E-state index in [0.29, 0.717) is 6.42 Å². The van der Waals surface area contributed by atoms with Crippen LogP contribution in [0.5, 0.6) is 0 Å². The minimum Gasteiger partial charge on any atom is -0.449 e. The SMILES string of the molecule is CCCCCOC(=O)Nc1nc(=O)n([C@@H]2O[C@H](C)[C@@H](O)[C@H]2O[C@@H]2O[C@H](C)[C@@H](O)[C@H]2O)cc1F. The molecule has 2 aliphatic rings. The minimum atomic E-state index is -1.40. The number of anilines is 1. The molecule has 1 aromatic heterocycles. The fourth-order valence-corrected chi connectivity index (χ4v) is 3.63. The van der Waals surface area contributed by atoms with Gasteiger partial charge in [0.25, 0.3) is 0 Å². The monoisotopic (exact) mass is 475 g/mol. The molecule has 0 radical (unpaired) electrons. The molecule has 0 aromatic carbocycles. The first-order chi connectivity index (χ1) is 15.6. The molecule has 1 amide bonds. The number of hydrogen-bond acceptors (Lipinski definition) is 10. The van der Waals surface area contributed by atoms with Crippen LogP contribution in [0.15, 0.2) is 11.0 Å². The van der Waals surface area contributed by atoms with Crippen LogP contribution in [0.1, 0.15) is 46.3 Å². The lowest BCUT2D eigenvalue weighted by Crippen LogP contribution is -2.43. The number of aliphatic hydroxyl groups excluding tert-OH is 3. The van der Waals surface area contributed by atoms with Crippen LogP contribution in [0, 0.1) is 5.82 Å². The summed E-state index contributed by atoms with van der Waals surface area (Å²) < 4.78 is 36.9. The zero-order valence-corrected chi connectivity index (χ0v) is 18.6. The number of nitrogens with one attached hydrogen (secondary N) is 1. The number of unbranched alkanes of at least 4 members (excludes halogenated alkanes) is 2. The van der Waals surface area contributed by atoms with Gasteiger partial charge in [0.2, 0.25) is 0 Å². The summed E-state index contributed by atoms with van der Waals surface area (Å²) in [4.78, 5) is 27.9. The van der Waals surface area contributed by atoms with Crippen molar-refractivity contribution in [1.82, 2.24) is 9.55 Å². The molecule has 13 heteroatoms. The van der Waals surface area contributed by atoms with Gasteiger partial charge < -0.3 is 34.3 Å². The van der Waals surface area contributed by atoms with Gasteiger partial charge in [-0.3, -0.25) is 9.88 Å².